The molecule has 1 aromatic heterocycles. The number of aromatic nitrogens is 2. The molecule has 0 amide bonds. The molecular formula is C14H25N3O3S. The van der Waals surface area contributed by atoms with Crippen molar-refractivity contribution in [2.45, 2.75) is 70.0 Å². The lowest BCUT2D eigenvalue weighted by atomic mass is 9.95. The molecule has 1 aromatic rings. The minimum atomic E-state index is -0.730. The summed E-state index contributed by atoms with van der Waals surface area (Å²) in [7, 11) is 0. The first-order valence-electron chi connectivity index (χ1n) is 7.18. The minimum Gasteiger partial charge on any atom is -0.465 e. The number of aryl methyl sites for hydroxylation is 1. The molecule has 0 radical (unpaired) electrons. The first-order valence-corrected chi connectivity index (χ1v) is 8.06. The Bertz CT molecular complexity index is 464. The molecule has 1 heterocycles. The fraction of sp³-hybridized carbons (Fsp3) is 0.786. The molecule has 0 fully saturated rings. The van der Waals surface area contributed by atoms with E-state index >= 15 is 0 Å². The lowest BCUT2D eigenvalue weighted by molar-refractivity contribution is -0.151. The van der Waals surface area contributed by atoms with Gasteiger partial charge in [-0.1, -0.05) is 18.7 Å². The Hall–Kier alpha value is -1.08. The fourth-order valence-corrected chi connectivity index (χ4v) is 3.26. The molecule has 0 aromatic carbocycles. The Morgan fingerprint density at radius 1 is 1.43 bits per heavy atom. The molecule has 0 spiro atoms. The van der Waals surface area contributed by atoms with Gasteiger partial charge >= 0.3 is 5.97 Å². The van der Waals surface area contributed by atoms with Crippen LogP contribution in [-0.4, -0.2) is 39.6 Å². The van der Waals surface area contributed by atoms with E-state index in [0.717, 1.165) is 0 Å². The number of esters is 1. The molecule has 0 saturated carbocycles. The Morgan fingerprint density at radius 2 is 2.10 bits per heavy atom. The van der Waals surface area contributed by atoms with Crippen LogP contribution in [0, 0.1) is 6.92 Å². The van der Waals surface area contributed by atoms with Gasteiger partial charge in [-0.25, -0.2) is 0 Å². The summed E-state index contributed by atoms with van der Waals surface area (Å²) in [5.74, 6) is 0.311. The molecule has 1 rings (SSSR count). The number of carbonyl (C=O) groups excluding carboxylic acids is 1. The minimum absolute atomic E-state index is 0.130. The summed E-state index contributed by atoms with van der Waals surface area (Å²) in [5.41, 5.74) is -0.730. The maximum atomic E-state index is 12.2. The molecule has 0 aliphatic rings. The number of rotatable bonds is 8. The monoisotopic (exact) mass is 315 g/mol. The zero-order valence-corrected chi connectivity index (χ0v) is 14.4. The molecule has 1 N–H and O–H groups in total. The van der Waals surface area contributed by atoms with Crippen LogP contribution in [0.1, 0.15) is 46.9 Å². The lowest BCUT2D eigenvalue weighted by Gasteiger charge is -2.32. The number of thioether (sulfide) groups is 1. The predicted octanol–water partition coefficient (Wildman–Crippen LogP) is 2.57. The van der Waals surface area contributed by atoms with Crippen molar-refractivity contribution in [2.24, 2.45) is 0 Å². The molecule has 21 heavy (non-hydrogen) atoms. The summed E-state index contributed by atoms with van der Waals surface area (Å²) >= 11 is 1.47. The van der Waals surface area contributed by atoms with Gasteiger partial charge in [0.25, 0.3) is 5.22 Å². The molecule has 120 valence electrons. The van der Waals surface area contributed by atoms with E-state index in [2.05, 4.69) is 15.5 Å². The molecular weight excluding hydrogens is 290 g/mol. The van der Waals surface area contributed by atoms with Gasteiger partial charge in [0.15, 0.2) is 0 Å². The standard InChI is InChI=1S/C14H25N3O3S/c1-7-19-12(18)14(6,15-9(2)3)8-10(4)21-13-17-16-11(5)20-13/h9-10,15H,7-8H2,1-6H3. The van der Waals surface area contributed by atoms with Gasteiger partial charge < -0.3 is 9.15 Å². The van der Waals surface area contributed by atoms with Crippen molar-refractivity contribution in [1.82, 2.24) is 15.5 Å². The second kappa shape index (κ2) is 7.79. The van der Waals surface area contributed by atoms with Crippen molar-refractivity contribution in [1.29, 1.82) is 0 Å². The van der Waals surface area contributed by atoms with Crippen molar-refractivity contribution >= 4 is 17.7 Å². The second-order valence-corrected chi connectivity index (χ2v) is 6.96. The summed E-state index contributed by atoms with van der Waals surface area (Å²) in [6.07, 6.45) is 0.607. The van der Waals surface area contributed by atoms with Crippen LogP contribution < -0.4 is 5.32 Å². The average molecular weight is 315 g/mol. The molecule has 2 unspecified atom stereocenters. The SMILES string of the molecule is CCOC(=O)C(C)(CC(C)Sc1nnc(C)o1)NC(C)C. The lowest BCUT2D eigenvalue weighted by Crippen LogP contribution is -2.54. The highest BCUT2D eigenvalue weighted by molar-refractivity contribution is 7.99. The zero-order chi connectivity index (χ0) is 16.0. The average Bonchev–Trinajstić information content (AvgIpc) is 2.73. The van der Waals surface area contributed by atoms with E-state index in [1.807, 2.05) is 34.6 Å². The largest absolute Gasteiger partial charge is 0.465 e. The summed E-state index contributed by atoms with van der Waals surface area (Å²) in [6.45, 7) is 11.9. The third-order valence-electron chi connectivity index (χ3n) is 2.84. The molecule has 0 bridgehead atoms. The van der Waals surface area contributed by atoms with Crippen LogP contribution in [0.5, 0.6) is 0 Å². The van der Waals surface area contributed by atoms with Gasteiger partial charge in [-0.15, -0.1) is 10.2 Å². The Kier molecular flexibility index (Phi) is 6.67. The van der Waals surface area contributed by atoms with Crippen molar-refractivity contribution in [3.63, 3.8) is 0 Å². The van der Waals surface area contributed by atoms with Crippen LogP contribution in [0.3, 0.4) is 0 Å². The van der Waals surface area contributed by atoms with E-state index in [0.29, 0.717) is 24.1 Å². The predicted molar refractivity (Wildman–Crippen MR) is 82.3 cm³/mol. The van der Waals surface area contributed by atoms with E-state index in [4.69, 9.17) is 9.15 Å². The van der Waals surface area contributed by atoms with Crippen LogP contribution in [0.2, 0.25) is 0 Å². The summed E-state index contributed by atoms with van der Waals surface area (Å²) in [5, 5.41) is 11.7. The smallest absolute Gasteiger partial charge is 0.326 e. The van der Waals surface area contributed by atoms with E-state index < -0.39 is 5.54 Å². The van der Waals surface area contributed by atoms with Crippen molar-refractivity contribution in [3.05, 3.63) is 5.89 Å². The molecule has 2 atom stereocenters. The zero-order valence-electron chi connectivity index (χ0n) is 13.6. The number of hydrogen-bond donors (Lipinski definition) is 1. The van der Waals surface area contributed by atoms with Crippen molar-refractivity contribution in [3.8, 4) is 0 Å². The first-order chi connectivity index (χ1) is 9.76. The Labute approximate surface area is 130 Å². The number of hydrogen-bond acceptors (Lipinski definition) is 7. The molecule has 0 aliphatic carbocycles. The maximum absolute atomic E-state index is 12.2. The fourth-order valence-electron chi connectivity index (χ4n) is 2.24. The van der Waals surface area contributed by atoms with Gasteiger partial charge in [0, 0.05) is 18.2 Å². The van der Waals surface area contributed by atoms with Gasteiger partial charge in [-0.2, -0.15) is 0 Å². The van der Waals surface area contributed by atoms with Crippen LogP contribution in [0.4, 0.5) is 0 Å². The number of nitrogens with zero attached hydrogens (tertiary/aromatic N) is 2. The van der Waals surface area contributed by atoms with Gasteiger partial charge in [-0.05, 0) is 34.1 Å². The maximum Gasteiger partial charge on any atom is 0.326 e. The van der Waals surface area contributed by atoms with E-state index in [1.165, 1.54) is 11.8 Å². The van der Waals surface area contributed by atoms with Crippen molar-refractivity contribution < 1.29 is 13.9 Å². The normalized spacial score (nSPS) is 15.8. The number of nitrogens with one attached hydrogen (secondary N) is 1. The van der Waals surface area contributed by atoms with Gasteiger partial charge in [-0.3, -0.25) is 10.1 Å². The number of carbonyl (C=O) groups is 1. The third-order valence-corrected chi connectivity index (χ3v) is 3.77. The van der Waals surface area contributed by atoms with E-state index in [9.17, 15) is 4.79 Å². The second-order valence-electron chi connectivity index (χ2n) is 5.57. The van der Waals surface area contributed by atoms with Crippen molar-refractivity contribution in [2.75, 3.05) is 6.61 Å². The van der Waals surface area contributed by atoms with Gasteiger partial charge in [0.1, 0.15) is 5.54 Å². The van der Waals surface area contributed by atoms with Crippen LogP contribution in [-0.2, 0) is 9.53 Å². The highest BCUT2D eigenvalue weighted by Crippen LogP contribution is 2.28. The number of ether oxygens (including phenoxy) is 1. The Morgan fingerprint density at radius 3 is 2.57 bits per heavy atom. The molecule has 6 nitrogen and oxygen atoms in total. The highest BCUT2D eigenvalue weighted by atomic mass is 32.2. The third kappa shape index (κ3) is 5.67. The van der Waals surface area contributed by atoms with Crippen LogP contribution in [0.25, 0.3) is 0 Å². The van der Waals surface area contributed by atoms with Gasteiger partial charge in [0.05, 0.1) is 6.61 Å². The molecule has 0 saturated heterocycles. The Balaban J connectivity index is 2.72. The molecule has 7 heteroatoms. The van der Waals surface area contributed by atoms with E-state index in [1.54, 1.807) is 6.92 Å². The molecule has 0 aliphatic heterocycles. The van der Waals surface area contributed by atoms with Crippen LogP contribution in [0.15, 0.2) is 9.64 Å². The summed E-state index contributed by atoms with van der Waals surface area (Å²) in [6, 6.07) is 0.183. The highest BCUT2D eigenvalue weighted by Gasteiger charge is 2.37. The summed E-state index contributed by atoms with van der Waals surface area (Å²) in [4.78, 5) is 12.2. The summed E-state index contributed by atoms with van der Waals surface area (Å²) < 4.78 is 10.6. The quantitative estimate of drug-likeness (QED) is 0.583. The van der Waals surface area contributed by atoms with Crippen LogP contribution >= 0.6 is 11.8 Å². The van der Waals surface area contributed by atoms with E-state index in [-0.39, 0.29) is 17.3 Å². The first kappa shape index (κ1) is 18.0. The van der Waals surface area contributed by atoms with Gasteiger partial charge in [0.2, 0.25) is 5.89 Å². The topological polar surface area (TPSA) is 77.2 Å².